The third kappa shape index (κ3) is 9.98. The van der Waals surface area contributed by atoms with Crippen molar-refractivity contribution < 1.29 is 19.3 Å². The molecule has 0 aliphatic heterocycles. The Balaban J connectivity index is 1.57. The number of aliphatic hydroxyl groups excluding tert-OH is 1. The topological polar surface area (TPSA) is 206 Å². The van der Waals surface area contributed by atoms with Crippen molar-refractivity contribution in [3.8, 4) is 0 Å². The van der Waals surface area contributed by atoms with E-state index in [1.165, 1.54) is 19.3 Å². The lowest BCUT2D eigenvalue weighted by Gasteiger charge is -2.65. The lowest BCUT2D eigenvalue weighted by molar-refractivity contribution is -0.227. The standard InChI is InChI=1S/C36H64N10O4/c1-26(9-4-14-40-15-5-19-47)29-10-11-30-34-31(25-33(36(29,30)3)50-22-8-18-43-46-39)35(2)13-12-28(48-20-6-16-41-44-37)23-27(35)24-32(34)49-21-7-17-42-45-38/h26-34,40,47H,4-25H2,1-3H3/t26-,27+,28-,29-,30+,31+,32-,33+,34+,35+,36-/m1/s1. The molecule has 0 aromatic heterocycles. The van der Waals surface area contributed by atoms with E-state index in [0.29, 0.717) is 75.0 Å². The van der Waals surface area contributed by atoms with Gasteiger partial charge in [-0.15, -0.1) is 0 Å². The molecule has 14 nitrogen and oxygen atoms in total. The second-order valence-corrected chi connectivity index (χ2v) is 15.9. The lowest BCUT2D eigenvalue weighted by atomic mass is 9.43. The monoisotopic (exact) mass is 701 g/mol. The maximum absolute atomic E-state index is 9.14. The van der Waals surface area contributed by atoms with Gasteiger partial charge in [-0.05, 0) is 154 Å². The van der Waals surface area contributed by atoms with Crippen LogP contribution in [0.4, 0.5) is 0 Å². The summed E-state index contributed by atoms with van der Waals surface area (Å²) in [6.45, 7) is 12.8. The van der Waals surface area contributed by atoms with Crippen LogP contribution in [0.25, 0.3) is 31.3 Å². The molecule has 50 heavy (non-hydrogen) atoms. The van der Waals surface area contributed by atoms with Crippen LogP contribution in [0.3, 0.4) is 0 Å². The van der Waals surface area contributed by atoms with Gasteiger partial charge in [0.05, 0.1) is 18.3 Å². The Bertz CT molecular complexity index is 1180. The first-order valence-electron chi connectivity index (χ1n) is 19.5. The maximum atomic E-state index is 9.14. The summed E-state index contributed by atoms with van der Waals surface area (Å²) in [4.78, 5) is 8.77. The van der Waals surface area contributed by atoms with Crippen molar-refractivity contribution in [3.05, 3.63) is 31.3 Å². The fraction of sp³-hybridized carbons (Fsp3) is 1.00. The van der Waals surface area contributed by atoms with Gasteiger partial charge in [-0.25, -0.2) is 0 Å². The summed E-state index contributed by atoms with van der Waals surface area (Å²) < 4.78 is 20.2. The van der Waals surface area contributed by atoms with Gasteiger partial charge in [0.1, 0.15) is 0 Å². The normalized spacial score (nSPS) is 35.0. The Morgan fingerprint density at radius 3 is 2.08 bits per heavy atom. The van der Waals surface area contributed by atoms with Gasteiger partial charge in [0.2, 0.25) is 0 Å². The van der Waals surface area contributed by atoms with E-state index in [2.05, 4.69) is 56.2 Å². The Hall–Kier alpha value is -2.27. The van der Waals surface area contributed by atoms with E-state index in [1.54, 1.807) is 0 Å². The van der Waals surface area contributed by atoms with Gasteiger partial charge in [-0.2, -0.15) is 0 Å². The molecule has 0 unspecified atom stereocenters. The molecule has 4 saturated carbocycles. The zero-order valence-electron chi connectivity index (χ0n) is 30.9. The van der Waals surface area contributed by atoms with E-state index >= 15 is 0 Å². The van der Waals surface area contributed by atoms with E-state index in [4.69, 9.17) is 35.9 Å². The molecule has 0 amide bonds. The highest BCUT2D eigenvalue weighted by molar-refractivity contribution is 5.15. The zero-order chi connectivity index (χ0) is 35.8. The number of aliphatic hydroxyl groups is 1. The molecule has 4 aliphatic carbocycles. The van der Waals surface area contributed by atoms with E-state index in [-0.39, 0.29) is 35.7 Å². The molecule has 4 fully saturated rings. The van der Waals surface area contributed by atoms with Crippen molar-refractivity contribution >= 4 is 0 Å². The summed E-state index contributed by atoms with van der Waals surface area (Å²) in [6.07, 6.45) is 13.4. The van der Waals surface area contributed by atoms with Gasteiger partial charge >= 0.3 is 0 Å². The molecule has 11 atom stereocenters. The van der Waals surface area contributed by atoms with E-state index < -0.39 is 0 Å². The summed E-state index contributed by atoms with van der Waals surface area (Å²) in [5.41, 5.74) is 26.5. The van der Waals surface area contributed by atoms with Crippen LogP contribution >= 0.6 is 0 Å². The number of rotatable bonds is 23. The number of ether oxygens (including phenoxy) is 3. The van der Waals surface area contributed by atoms with Crippen LogP contribution in [0, 0.1) is 46.3 Å². The van der Waals surface area contributed by atoms with E-state index in [0.717, 1.165) is 77.3 Å². The molecule has 0 bridgehead atoms. The number of azide groups is 3. The molecule has 0 radical (unpaired) electrons. The minimum atomic E-state index is 0.0194. The van der Waals surface area contributed by atoms with Gasteiger partial charge in [-0.3, -0.25) is 0 Å². The third-order valence-electron chi connectivity index (χ3n) is 13.4. The number of hydrogen-bond donors (Lipinski definition) is 2. The van der Waals surface area contributed by atoms with Gasteiger partial charge in [0.15, 0.2) is 0 Å². The molecule has 0 saturated heterocycles. The fourth-order valence-electron chi connectivity index (χ4n) is 11.0. The number of nitrogens with one attached hydrogen (secondary N) is 1. The maximum Gasteiger partial charge on any atom is 0.0637 e. The van der Waals surface area contributed by atoms with Crippen LogP contribution in [0.5, 0.6) is 0 Å². The minimum Gasteiger partial charge on any atom is -0.396 e. The molecule has 4 rings (SSSR count). The summed E-state index contributed by atoms with van der Waals surface area (Å²) in [7, 11) is 0. The van der Waals surface area contributed by atoms with E-state index in [1.807, 2.05) is 0 Å². The molecular weight excluding hydrogens is 636 g/mol. The fourth-order valence-corrected chi connectivity index (χ4v) is 11.0. The molecule has 0 aromatic carbocycles. The van der Waals surface area contributed by atoms with Crippen molar-refractivity contribution in [2.45, 2.75) is 123 Å². The second-order valence-electron chi connectivity index (χ2n) is 15.9. The number of fused-ring (bicyclic) bond motifs is 5. The highest BCUT2D eigenvalue weighted by Crippen LogP contribution is 2.69. The number of hydrogen-bond acceptors (Lipinski definition) is 8. The van der Waals surface area contributed by atoms with Gasteiger partial charge in [0.25, 0.3) is 0 Å². The lowest BCUT2D eigenvalue weighted by Crippen LogP contribution is -2.63. The first kappa shape index (κ1) is 40.5. The zero-order valence-corrected chi connectivity index (χ0v) is 30.9. The average Bonchev–Trinajstić information content (AvgIpc) is 3.47. The first-order valence-corrected chi connectivity index (χ1v) is 19.5. The van der Waals surface area contributed by atoms with Crippen LogP contribution in [0.15, 0.2) is 15.3 Å². The van der Waals surface area contributed by atoms with Gasteiger partial charge in [-0.1, -0.05) is 36.1 Å². The Labute approximate surface area is 299 Å². The highest BCUT2D eigenvalue weighted by atomic mass is 16.5. The Morgan fingerprint density at radius 1 is 0.780 bits per heavy atom. The molecule has 0 heterocycles. The van der Waals surface area contributed by atoms with Crippen molar-refractivity contribution in [2.24, 2.45) is 61.7 Å². The van der Waals surface area contributed by atoms with Crippen LogP contribution in [0.2, 0.25) is 0 Å². The van der Waals surface area contributed by atoms with Crippen molar-refractivity contribution in [1.82, 2.24) is 5.32 Å². The largest absolute Gasteiger partial charge is 0.396 e. The van der Waals surface area contributed by atoms with Crippen LogP contribution in [0.1, 0.15) is 104 Å². The minimum absolute atomic E-state index is 0.0194. The molecule has 282 valence electrons. The molecule has 2 N–H and O–H groups in total. The van der Waals surface area contributed by atoms with Gasteiger partial charge in [0, 0.05) is 66.2 Å². The summed E-state index contributed by atoms with van der Waals surface area (Å²) in [5, 5.41) is 23.8. The smallest absolute Gasteiger partial charge is 0.0637 e. The average molecular weight is 701 g/mol. The SMILES string of the molecule is C[C@H](CCCNCCCO)[C@H]1CC[C@H]2[C@@H]3[C@H](OCCCN=[N+]=[N-])C[C@@H]4C[C@H](OCCCN=[N+]=[N-])CC[C@]4(C)[C@H]3C[C@H](OCCCN=[N+]=[N-])[C@]12C. The molecule has 0 spiro atoms. The quantitative estimate of drug-likeness (QED) is 0.0464. The third-order valence-corrected chi connectivity index (χ3v) is 13.4. The molecular formula is C36H64N10O4. The second kappa shape index (κ2) is 20.7. The molecule has 4 aliphatic rings. The van der Waals surface area contributed by atoms with Gasteiger partial charge < -0.3 is 24.6 Å². The van der Waals surface area contributed by atoms with Crippen molar-refractivity contribution in [2.75, 3.05) is 59.2 Å². The number of nitrogens with zero attached hydrogens (tertiary/aromatic N) is 9. The molecule has 0 aromatic rings. The van der Waals surface area contributed by atoms with Crippen LogP contribution in [-0.2, 0) is 14.2 Å². The predicted octanol–water partition coefficient (Wildman–Crippen LogP) is 8.51. The van der Waals surface area contributed by atoms with Crippen LogP contribution in [-0.4, -0.2) is 82.6 Å². The van der Waals surface area contributed by atoms with Crippen molar-refractivity contribution in [1.29, 1.82) is 0 Å². The Kier molecular flexibility index (Phi) is 16.8. The summed E-state index contributed by atoms with van der Waals surface area (Å²) in [6, 6.07) is 0. The van der Waals surface area contributed by atoms with Crippen LogP contribution < -0.4 is 5.32 Å². The highest BCUT2D eigenvalue weighted by Gasteiger charge is 2.66. The molecule has 14 heteroatoms. The Morgan fingerprint density at radius 2 is 1.42 bits per heavy atom. The van der Waals surface area contributed by atoms with Crippen molar-refractivity contribution in [3.63, 3.8) is 0 Å². The van der Waals surface area contributed by atoms with E-state index in [9.17, 15) is 0 Å². The summed E-state index contributed by atoms with van der Waals surface area (Å²) in [5.74, 6) is 3.01. The predicted molar refractivity (Wildman–Crippen MR) is 194 cm³/mol. The first-order chi connectivity index (χ1) is 24.3. The summed E-state index contributed by atoms with van der Waals surface area (Å²) >= 11 is 0.